The predicted molar refractivity (Wildman–Crippen MR) is 51.1 cm³/mol. The van der Waals surface area contributed by atoms with E-state index in [4.69, 9.17) is 9.15 Å². The Morgan fingerprint density at radius 1 is 1.50 bits per heavy atom. The van der Waals surface area contributed by atoms with Crippen LogP contribution in [0.15, 0.2) is 4.42 Å². The number of ether oxygens (including phenoxy) is 1. The molecule has 1 atom stereocenters. The van der Waals surface area contributed by atoms with Gasteiger partial charge < -0.3 is 14.5 Å². The first-order chi connectivity index (χ1) is 6.68. The van der Waals surface area contributed by atoms with E-state index in [9.17, 15) is 0 Å². The average Bonchev–Trinajstić information content (AvgIpc) is 2.73. The number of anilines is 1. The van der Waals surface area contributed by atoms with Gasteiger partial charge in [0.2, 0.25) is 5.89 Å². The summed E-state index contributed by atoms with van der Waals surface area (Å²) in [6, 6.07) is 0.496. The minimum atomic E-state index is 0.197. The average molecular weight is 197 g/mol. The van der Waals surface area contributed by atoms with Crippen molar-refractivity contribution in [2.75, 3.05) is 25.1 Å². The minimum Gasteiger partial charge on any atom is -0.408 e. The second-order valence-corrected chi connectivity index (χ2v) is 4.09. The monoisotopic (exact) mass is 197 g/mol. The molecule has 0 bridgehead atoms. The summed E-state index contributed by atoms with van der Waals surface area (Å²) < 4.78 is 10.6. The van der Waals surface area contributed by atoms with Crippen LogP contribution < -0.4 is 5.32 Å². The lowest BCUT2D eigenvalue weighted by molar-refractivity contribution is 0.164. The lowest BCUT2D eigenvalue weighted by Crippen LogP contribution is -2.26. The van der Waals surface area contributed by atoms with Crippen LogP contribution in [-0.2, 0) is 4.74 Å². The van der Waals surface area contributed by atoms with Crippen LogP contribution in [-0.4, -0.2) is 30.0 Å². The van der Waals surface area contributed by atoms with Crippen LogP contribution in [0.3, 0.4) is 0 Å². The summed E-state index contributed by atoms with van der Waals surface area (Å²) in [4.78, 5) is 0. The van der Waals surface area contributed by atoms with E-state index in [0.717, 1.165) is 26.2 Å². The molecule has 2 rings (SSSR count). The topological polar surface area (TPSA) is 60.2 Å². The van der Waals surface area contributed by atoms with Gasteiger partial charge in [0, 0.05) is 25.5 Å². The molecule has 2 heterocycles. The Balaban J connectivity index is 1.87. The number of rotatable bonds is 3. The zero-order valence-corrected chi connectivity index (χ0v) is 8.54. The number of hydrogen-bond acceptors (Lipinski definition) is 5. The Kier molecular flexibility index (Phi) is 2.41. The molecule has 14 heavy (non-hydrogen) atoms. The van der Waals surface area contributed by atoms with E-state index in [-0.39, 0.29) is 5.41 Å². The van der Waals surface area contributed by atoms with Gasteiger partial charge in [0.05, 0.1) is 6.61 Å². The highest BCUT2D eigenvalue weighted by atomic mass is 16.5. The van der Waals surface area contributed by atoms with E-state index >= 15 is 0 Å². The third-order valence-corrected chi connectivity index (χ3v) is 2.49. The third-order valence-electron chi connectivity index (χ3n) is 2.49. The molecular weight excluding hydrogens is 182 g/mol. The molecule has 1 aromatic heterocycles. The minimum absolute atomic E-state index is 0.197. The fraction of sp³-hybridized carbons (Fsp3) is 0.778. The second kappa shape index (κ2) is 3.57. The Labute approximate surface area is 82.8 Å². The van der Waals surface area contributed by atoms with Gasteiger partial charge in [0.1, 0.15) is 0 Å². The maximum absolute atomic E-state index is 5.35. The molecule has 5 heteroatoms. The van der Waals surface area contributed by atoms with Gasteiger partial charge in [0.25, 0.3) is 0 Å². The summed E-state index contributed by atoms with van der Waals surface area (Å²) in [6.07, 6.45) is 1.08. The molecule has 0 spiro atoms. The molecule has 0 amide bonds. The first kappa shape index (κ1) is 9.45. The molecule has 0 saturated carbocycles. The second-order valence-electron chi connectivity index (χ2n) is 4.09. The van der Waals surface area contributed by atoms with Crippen LogP contribution in [0.4, 0.5) is 6.01 Å². The van der Waals surface area contributed by atoms with Crippen molar-refractivity contribution >= 4 is 6.01 Å². The molecule has 1 aliphatic rings. The molecule has 0 aliphatic carbocycles. The number of hydrogen-bond donors (Lipinski definition) is 1. The van der Waals surface area contributed by atoms with Gasteiger partial charge in [-0.2, -0.15) is 0 Å². The maximum Gasteiger partial charge on any atom is 0.315 e. The van der Waals surface area contributed by atoms with Gasteiger partial charge in [-0.25, -0.2) is 0 Å². The van der Waals surface area contributed by atoms with Crippen molar-refractivity contribution in [1.82, 2.24) is 10.2 Å². The first-order valence-electron chi connectivity index (χ1n) is 4.80. The summed E-state index contributed by atoms with van der Waals surface area (Å²) in [5, 5.41) is 10.7. The lowest BCUT2D eigenvalue weighted by Gasteiger charge is -2.20. The number of nitrogens with one attached hydrogen (secondary N) is 1. The highest BCUT2D eigenvalue weighted by Crippen LogP contribution is 2.27. The van der Waals surface area contributed by atoms with Gasteiger partial charge >= 0.3 is 6.01 Å². The normalized spacial score (nSPS) is 26.7. The third kappa shape index (κ3) is 2.04. The van der Waals surface area contributed by atoms with Gasteiger partial charge in [-0.3, -0.25) is 0 Å². The van der Waals surface area contributed by atoms with Crippen LogP contribution in [0.25, 0.3) is 0 Å². The molecule has 78 valence electrons. The van der Waals surface area contributed by atoms with Crippen molar-refractivity contribution in [3.8, 4) is 0 Å². The highest BCUT2D eigenvalue weighted by Gasteiger charge is 2.29. The Bertz CT molecular complexity index is 305. The van der Waals surface area contributed by atoms with Crippen molar-refractivity contribution in [1.29, 1.82) is 0 Å². The Morgan fingerprint density at radius 3 is 2.93 bits per heavy atom. The largest absolute Gasteiger partial charge is 0.408 e. The Hall–Kier alpha value is -1.10. The molecule has 1 N–H and O–H groups in total. The SMILES string of the molecule is Cc1nnc(NCC2(C)CCOC2)o1. The summed E-state index contributed by atoms with van der Waals surface area (Å²) in [5.41, 5.74) is 0.197. The maximum atomic E-state index is 5.35. The van der Waals surface area contributed by atoms with Crippen molar-refractivity contribution in [3.63, 3.8) is 0 Å². The molecule has 0 radical (unpaired) electrons. The summed E-state index contributed by atoms with van der Waals surface area (Å²) in [7, 11) is 0. The highest BCUT2D eigenvalue weighted by molar-refractivity contribution is 5.17. The molecule has 1 aromatic rings. The number of aromatic nitrogens is 2. The van der Waals surface area contributed by atoms with Gasteiger partial charge in [-0.15, -0.1) is 5.10 Å². The summed E-state index contributed by atoms with van der Waals surface area (Å²) in [5.74, 6) is 0.584. The number of nitrogens with zero attached hydrogens (tertiary/aromatic N) is 2. The first-order valence-corrected chi connectivity index (χ1v) is 4.80. The standard InChI is InChI=1S/C9H15N3O2/c1-7-11-12-8(14-7)10-5-9(2)3-4-13-6-9/h3-6H2,1-2H3,(H,10,12). The van der Waals surface area contributed by atoms with E-state index in [1.807, 2.05) is 0 Å². The Morgan fingerprint density at radius 2 is 2.36 bits per heavy atom. The fourth-order valence-electron chi connectivity index (χ4n) is 1.51. The van der Waals surface area contributed by atoms with Crippen LogP contribution in [0.5, 0.6) is 0 Å². The van der Waals surface area contributed by atoms with E-state index in [1.165, 1.54) is 0 Å². The fourth-order valence-corrected chi connectivity index (χ4v) is 1.51. The zero-order chi connectivity index (χ0) is 10.0. The summed E-state index contributed by atoms with van der Waals surface area (Å²) >= 11 is 0. The van der Waals surface area contributed by atoms with E-state index in [0.29, 0.717) is 11.9 Å². The summed E-state index contributed by atoms with van der Waals surface area (Å²) in [6.45, 7) is 6.43. The van der Waals surface area contributed by atoms with Crippen LogP contribution in [0.2, 0.25) is 0 Å². The molecule has 1 aliphatic heterocycles. The van der Waals surface area contributed by atoms with Crippen LogP contribution in [0.1, 0.15) is 19.2 Å². The van der Waals surface area contributed by atoms with Crippen LogP contribution in [0, 0.1) is 12.3 Å². The lowest BCUT2D eigenvalue weighted by atomic mass is 9.90. The molecule has 0 aromatic carbocycles. The quantitative estimate of drug-likeness (QED) is 0.789. The molecular formula is C9H15N3O2. The van der Waals surface area contributed by atoms with Gasteiger partial charge in [0.15, 0.2) is 0 Å². The van der Waals surface area contributed by atoms with Crippen molar-refractivity contribution < 1.29 is 9.15 Å². The van der Waals surface area contributed by atoms with E-state index < -0.39 is 0 Å². The van der Waals surface area contributed by atoms with Crippen molar-refractivity contribution in [2.45, 2.75) is 20.3 Å². The van der Waals surface area contributed by atoms with Crippen molar-refractivity contribution in [3.05, 3.63) is 5.89 Å². The molecule has 1 unspecified atom stereocenters. The van der Waals surface area contributed by atoms with Crippen molar-refractivity contribution in [2.24, 2.45) is 5.41 Å². The zero-order valence-electron chi connectivity index (χ0n) is 8.54. The van der Waals surface area contributed by atoms with E-state index in [2.05, 4.69) is 22.4 Å². The van der Waals surface area contributed by atoms with Gasteiger partial charge in [-0.05, 0) is 6.42 Å². The van der Waals surface area contributed by atoms with E-state index in [1.54, 1.807) is 6.92 Å². The molecule has 1 fully saturated rings. The predicted octanol–water partition coefficient (Wildman–Crippen LogP) is 1.22. The molecule has 1 saturated heterocycles. The molecule has 5 nitrogen and oxygen atoms in total. The van der Waals surface area contributed by atoms with Crippen LogP contribution >= 0.6 is 0 Å². The smallest absolute Gasteiger partial charge is 0.315 e. The van der Waals surface area contributed by atoms with Gasteiger partial charge in [-0.1, -0.05) is 12.0 Å². The number of aryl methyl sites for hydroxylation is 1.